The molecule has 0 unspecified atom stereocenters. The molecule has 0 aliphatic heterocycles. The van der Waals surface area contributed by atoms with Crippen LogP contribution in [0.25, 0.3) is 0 Å². The first-order valence-electron chi connectivity index (χ1n) is 8.83. The maximum Gasteiger partial charge on any atom is 0.251 e. The summed E-state index contributed by atoms with van der Waals surface area (Å²) in [6.07, 6.45) is 1.97. The summed E-state index contributed by atoms with van der Waals surface area (Å²) in [5.74, 6) is 0.681. The Morgan fingerprint density at radius 2 is 2.00 bits per heavy atom. The van der Waals surface area contributed by atoms with Crippen LogP contribution in [-0.4, -0.2) is 15.7 Å². The van der Waals surface area contributed by atoms with Crippen molar-refractivity contribution >= 4 is 21.8 Å². The SMILES string of the molecule is CCn1cc(CNC(=O)c2cccc(COc3ccc(Br)cc3)c2)c(C)n1. The Morgan fingerprint density at radius 3 is 2.70 bits per heavy atom. The Kier molecular flexibility index (Phi) is 6.29. The van der Waals surface area contributed by atoms with Crippen molar-refractivity contribution in [3.8, 4) is 5.75 Å². The van der Waals surface area contributed by atoms with Gasteiger partial charge in [-0.2, -0.15) is 5.10 Å². The zero-order valence-electron chi connectivity index (χ0n) is 15.4. The van der Waals surface area contributed by atoms with Crippen molar-refractivity contribution in [3.05, 3.63) is 81.6 Å². The normalized spacial score (nSPS) is 10.6. The lowest BCUT2D eigenvalue weighted by Gasteiger charge is -2.09. The molecular weight excluding hydrogens is 406 g/mol. The number of carbonyl (C=O) groups excluding carboxylic acids is 1. The molecular formula is C21H22BrN3O2. The molecule has 0 aliphatic carbocycles. The Bertz CT molecular complexity index is 919. The fourth-order valence-electron chi connectivity index (χ4n) is 2.67. The molecule has 1 amide bonds. The number of nitrogens with zero attached hydrogens (tertiary/aromatic N) is 2. The summed E-state index contributed by atoms with van der Waals surface area (Å²) in [5.41, 5.74) is 3.53. The quantitative estimate of drug-likeness (QED) is 0.604. The van der Waals surface area contributed by atoms with Gasteiger partial charge in [0.2, 0.25) is 0 Å². The van der Waals surface area contributed by atoms with E-state index in [1.807, 2.05) is 67.2 Å². The van der Waals surface area contributed by atoms with Crippen LogP contribution in [0, 0.1) is 6.92 Å². The Hall–Kier alpha value is -2.60. The van der Waals surface area contributed by atoms with Crippen molar-refractivity contribution in [2.45, 2.75) is 33.5 Å². The second kappa shape index (κ2) is 8.86. The van der Waals surface area contributed by atoms with Gasteiger partial charge in [-0.25, -0.2) is 0 Å². The van der Waals surface area contributed by atoms with Crippen LogP contribution in [0.3, 0.4) is 0 Å². The first kappa shape index (κ1) is 19.2. The number of hydrogen-bond donors (Lipinski definition) is 1. The molecule has 5 nitrogen and oxygen atoms in total. The second-order valence-corrected chi connectivity index (χ2v) is 7.14. The van der Waals surface area contributed by atoms with Crippen molar-refractivity contribution in [2.24, 2.45) is 0 Å². The maximum atomic E-state index is 12.5. The fraction of sp³-hybridized carbons (Fsp3) is 0.238. The van der Waals surface area contributed by atoms with Crippen molar-refractivity contribution in [1.29, 1.82) is 0 Å². The predicted molar refractivity (Wildman–Crippen MR) is 109 cm³/mol. The van der Waals surface area contributed by atoms with Crippen LogP contribution in [0.2, 0.25) is 0 Å². The standard InChI is InChI=1S/C21H22BrN3O2/c1-3-25-13-18(15(2)24-25)12-23-21(26)17-6-4-5-16(11-17)14-27-20-9-7-19(22)8-10-20/h4-11,13H,3,12,14H2,1-2H3,(H,23,26). The van der Waals surface area contributed by atoms with Gasteiger partial charge < -0.3 is 10.1 Å². The summed E-state index contributed by atoms with van der Waals surface area (Å²) in [7, 11) is 0. The van der Waals surface area contributed by atoms with Gasteiger partial charge in [-0.05, 0) is 55.8 Å². The minimum Gasteiger partial charge on any atom is -0.489 e. The molecule has 0 bridgehead atoms. The van der Waals surface area contributed by atoms with Crippen molar-refractivity contribution < 1.29 is 9.53 Å². The third-order valence-electron chi connectivity index (χ3n) is 4.22. The Balaban J connectivity index is 1.59. The fourth-order valence-corrected chi connectivity index (χ4v) is 2.94. The van der Waals surface area contributed by atoms with Crippen LogP contribution >= 0.6 is 15.9 Å². The molecule has 2 aromatic carbocycles. The van der Waals surface area contributed by atoms with Crippen LogP contribution in [0.15, 0.2) is 59.2 Å². The van der Waals surface area contributed by atoms with Crippen molar-refractivity contribution in [3.63, 3.8) is 0 Å². The minimum absolute atomic E-state index is 0.107. The maximum absolute atomic E-state index is 12.5. The van der Waals surface area contributed by atoms with E-state index in [9.17, 15) is 4.79 Å². The van der Waals surface area contributed by atoms with Crippen molar-refractivity contribution in [1.82, 2.24) is 15.1 Å². The number of rotatable bonds is 7. The van der Waals surface area contributed by atoms with Gasteiger partial charge in [-0.15, -0.1) is 0 Å². The lowest BCUT2D eigenvalue weighted by Crippen LogP contribution is -2.23. The lowest BCUT2D eigenvalue weighted by atomic mass is 10.1. The van der Waals surface area contributed by atoms with Gasteiger partial charge in [0, 0.05) is 34.9 Å². The smallest absolute Gasteiger partial charge is 0.251 e. The summed E-state index contributed by atoms with van der Waals surface area (Å²) < 4.78 is 8.66. The van der Waals surface area contributed by atoms with Crippen LogP contribution in [0.5, 0.6) is 5.75 Å². The molecule has 0 aliphatic rings. The molecule has 0 spiro atoms. The summed E-state index contributed by atoms with van der Waals surface area (Å²) in [6, 6.07) is 15.2. The molecule has 0 saturated heterocycles. The number of carbonyl (C=O) groups is 1. The number of benzene rings is 2. The molecule has 27 heavy (non-hydrogen) atoms. The van der Waals surface area contributed by atoms with E-state index in [1.165, 1.54) is 0 Å². The van der Waals surface area contributed by atoms with E-state index < -0.39 is 0 Å². The monoisotopic (exact) mass is 427 g/mol. The predicted octanol–water partition coefficient (Wildman–Crippen LogP) is 4.48. The van der Waals surface area contributed by atoms with Gasteiger partial charge >= 0.3 is 0 Å². The first-order chi connectivity index (χ1) is 13.0. The molecule has 0 radical (unpaired) electrons. The van der Waals surface area contributed by atoms with E-state index in [4.69, 9.17) is 4.74 Å². The van der Waals surface area contributed by atoms with Gasteiger partial charge in [-0.1, -0.05) is 28.1 Å². The van der Waals surface area contributed by atoms with Crippen molar-refractivity contribution in [2.75, 3.05) is 0 Å². The molecule has 0 saturated carbocycles. The molecule has 0 fully saturated rings. The highest BCUT2D eigenvalue weighted by Gasteiger charge is 2.09. The zero-order valence-corrected chi connectivity index (χ0v) is 17.0. The van der Waals surface area contributed by atoms with E-state index in [-0.39, 0.29) is 5.91 Å². The summed E-state index contributed by atoms with van der Waals surface area (Å²) >= 11 is 3.40. The topological polar surface area (TPSA) is 56.2 Å². The van der Waals surface area contributed by atoms with E-state index >= 15 is 0 Å². The molecule has 1 aromatic heterocycles. The molecule has 1 heterocycles. The molecule has 1 N–H and O–H groups in total. The van der Waals surface area contributed by atoms with E-state index in [0.717, 1.165) is 33.6 Å². The summed E-state index contributed by atoms with van der Waals surface area (Å²) in [4.78, 5) is 12.5. The van der Waals surface area contributed by atoms with Crippen LogP contribution < -0.4 is 10.1 Å². The van der Waals surface area contributed by atoms with Crippen LogP contribution in [-0.2, 0) is 19.7 Å². The van der Waals surface area contributed by atoms with Gasteiger partial charge in [0.25, 0.3) is 5.91 Å². The lowest BCUT2D eigenvalue weighted by molar-refractivity contribution is 0.0950. The first-order valence-corrected chi connectivity index (χ1v) is 9.63. The summed E-state index contributed by atoms with van der Waals surface area (Å²) in [5, 5.41) is 7.36. The molecule has 140 valence electrons. The zero-order chi connectivity index (χ0) is 19.2. The number of aryl methyl sites for hydroxylation is 2. The van der Waals surface area contributed by atoms with E-state index in [1.54, 1.807) is 6.07 Å². The van der Waals surface area contributed by atoms with E-state index in [0.29, 0.717) is 18.7 Å². The molecule has 6 heteroatoms. The number of hydrogen-bond acceptors (Lipinski definition) is 3. The Morgan fingerprint density at radius 1 is 1.22 bits per heavy atom. The highest BCUT2D eigenvalue weighted by molar-refractivity contribution is 9.10. The Labute approximate surface area is 167 Å². The van der Waals surface area contributed by atoms with Crippen LogP contribution in [0.1, 0.15) is 34.1 Å². The molecule has 0 atom stereocenters. The molecule has 3 rings (SSSR count). The molecule has 3 aromatic rings. The van der Waals surface area contributed by atoms with Crippen LogP contribution in [0.4, 0.5) is 0 Å². The van der Waals surface area contributed by atoms with Gasteiger partial charge in [-0.3, -0.25) is 9.48 Å². The number of nitrogens with one attached hydrogen (secondary N) is 1. The van der Waals surface area contributed by atoms with E-state index in [2.05, 4.69) is 26.3 Å². The van der Waals surface area contributed by atoms with Gasteiger partial charge in [0.1, 0.15) is 12.4 Å². The number of aromatic nitrogens is 2. The highest BCUT2D eigenvalue weighted by Crippen LogP contribution is 2.17. The summed E-state index contributed by atoms with van der Waals surface area (Å²) in [6.45, 7) is 5.68. The third kappa shape index (κ3) is 5.20. The highest BCUT2D eigenvalue weighted by atomic mass is 79.9. The third-order valence-corrected chi connectivity index (χ3v) is 4.75. The average Bonchev–Trinajstić information content (AvgIpc) is 3.06. The average molecular weight is 428 g/mol. The van der Waals surface area contributed by atoms with Gasteiger partial charge in [0.05, 0.1) is 5.69 Å². The second-order valence-electron chi connectivity index (χ2n) is 6.22. The minimum atomic E-state index is -0.107. The number of amides is 1. The largest absolute Gasteiger partial charge is 0.489 e. The number of ether oxygens (including phenoxy) is 1. The van der Waals surface area contributed by atoms with Gasteiger partial charge in [0.15, 0.2) is 0 Å². The number of halogens is 1.